The first-order valence-corrected chi connectivity index (χ1v) is 10.2. The van der Waals surface area contributed by atoms with Crippen LogP contribution in [0.15, 0.2) is 29.4 Å². The van der Waals surface area contributed by atoms with Crippen molar-refractivity contribution < 1.29 is 14.3 Å². The van der Waals surface area contributed by atoms with Crippen LogP contribution in [0, 0.1) is 0 Å². The first kappa shape index (κ1) is 22.2. The topological polar surface area (TPSA) is 98.1 Å². The summed E-state index contributed by atoms with van der Waals surface area (Å²) in [7, 11) is 1.64. The van der Waals surface area contributed by atoms with Crippen molar-refractivity contribution in [2.75, 3.05) is 19.5 Å². The van der Waals surface area contributed by atoms with Gasteiger partial charge in [-0.3, -0.25) is 10.1 Å². The predicted molar refractivity (Wildman–Crippen MR) is 109 cm³/mol. The van der Waals surface area contributed by atoms with Crippen LogP contribution in [0.4, 0.5) is 4.79 Å². The van der Waals surface area contributed by atoms with E-state index in [0.29, 0.717) is 29.2 Å². The second kappa shape index (κ2) is 11.0. The Morgan fingerprint density at radius 3 is 2.71 bits per heavy atom. The number of thioether (sulfide) groups is 1. The fourth-order valence-electron chi connectivity index (χ4n) is 2.40. The van der Waals surface area contributed by atoms with Gasteiger partial charge in [0.15, 0.2) is 11.0 Å². The summed E-state index contributed by atoms with van der Waals surface area (Å²) < 4.78 is 7.04. The normalized spacial score (nSPS) is 10.9. The molecule has 28 heavy (non-hydrogen) atoms. The molecule has 1 heterocycles. The average Bonchev–Trinajstić information content (AvgIpc) is 3.02. The maximum Gasteiger partial charge on any atom is 0.321 e. The molecule has 3 amide bonds. The molecule has 0 unspecified atom stereocenters. The van der Waals surface area contributed by atoms with Crippen molar-refractivity contribution in [3.05, 3.63) is 29.3 Å². The van der Waals surface area contributed by atoms with E-state index in [1.54, 1.807) is 13.2 Å². The lowest BCUT2D eigenvalue weighted by Crippen LogP contribution is -2.43. The number of hydrogen-bond acceptors (Lipinski definition) is 6. The van der Waals surface area contributed by atoms with Gasteiger partial charge in [-0.05, 0) is 32.4 Å². The van der Waals surface area contributed by atoms with Crippen LogP contribution in [0.3, 0.4) is 0 Å². The molecule has 0 atom stereocenters. The van der Waals surface area contributed by atoms with Crippen molar-refractivity contribution in [2.24, 2.45) is 0 Å². The zero-order valence-corrected chi connectivity index (χ0v) is 17.6. The first-order valence-electron chi connectivity index (χ1n) is 8.82. The molecule has 0 aliphatic heterocycles. The summed E-state index contributed by atoms with van der Waals surface area (Å²) in [6.07, 6.45) is 0.753. The highest BCUT2D eigenvalue weighted by atomic mass is 35.5. The van der Waals surface area contributed by atoms with Crippen LogP contribution in [-0.4, -0.2) is 52.2 Å². The van der Waals surface area contributed by atoms with E-state index in [-0.39, 0.29) is 11.8 Å². The number of aromatic nitrogens is 3. The number of benzene rings is 1. The second-order valence-electron chi connectivity index (χ2n) is 6.25. The fourth-order valence-corrected chi connectivity index (χ4v) is 3.38. The van der Waals surface area contributed by atoms with Crippen LogP contribution >= 0.6 is 23.4 Å². The van der Waals surface area contributed by atoms with Crippen LogP contribution in [0.25, 0.3) is 11.4 Å². The summed E-state index contributed by atoms with van der Waals surface area (Å²) in [6, 6.07) is 6.82. The van der Waals surface area contributed by atoms with E-state index in [4.69, 9.17) is 16.3 Å². The zero-order valence-electron chi connectivity index (χ0n) is 16.1. The lowest BCUT2D eigenvalue weighted by atomic mass is 10.2. The van der Waals surface area contributed by atoms with Gasteiger partial charge in [-0.25, -0.2) is 4.79 Å². The van der Waals surface area contributed by atoms with Crippen molar-refractivity contribution in [1.82, 2.24) is 25.4 Å². The van der Waals surface area contributed by atoms with E-state index in [9.17, 15) is 9.59 Å². The van der Waals surface area contributed by atoms with Crippen molar-refractivity contribution in [2.45, 2.75) is 38.0 Å². The fraction of sp³-hybridized carbons (Fsp3) is 0.444. The summed E-state index contributed by atoms with van der Waals surface area (Å²) >= 11 is 7.52. The molecular formula is C18H24ClN5O3S. The largest absolute Gasteiger partial charge is 0.385 e. The number of amides is 3. The molecular weight excluding hydrogens is 402 g/mol. The molecule has 0 aliphatic rings. The molecule has 2 aromatic rings. The number of carbonyl (C=O) groups excluding carboxylic acids is 2. The van der Waals surface area contributed by atoms with Crippen LogP contribution in [0.1, 0.15) is 20.3 Å². The highest BCUT2D eigenvalue weighted by Crippen LogP contribution is 2.29. The summed E-state index contributed by atoms with van der Waals surface area (Å²) in [5.41, 5.74) is 0.765. The summed E-state index contributed by atoms with van der Waals surface area (Å²) in [4.78, 5) is 23.6. The predicted octanol–water partition coefficient (Wildman–Crippen LogP) is 2.96. The Morgan fingerprint density at radius 2 is 2.04 bits per heavy atom. The average molecular weight is 426 g/mol. The summed E-state index contributed by atoms with van der Waals surface area (Å²) in [5.74, 6) is 0.257. The molecule has 152 valence electrons. The Morgan fingerprint density at radius 1 is 1.29 bits per heavy atom. The lowest BCUT2D eigenvalue weighted by molar-refractivity contribution is -0.117. The molecule has 0 saturated carbocycles. The van der Waals surface area contributed by atoms with Gasteiger partial charge in [0.1, 0.15) is 0 Å². The van der Waals surface area contributed by atoms with Crippen molar-refractivity contribution in [3.63, 3.8) is 0 Å². The maximum atomic E-state index is 12.0. The minimum atomic E-state index is -0.515. The van der Waals surface area contributed by atoms with Gasteiger partial charge < -0.3 is 14.6 Å². The number of ether oxygens (including phenoxy) is 1. The number of nitrogens with zero attached hydrogens (tertiary/aromatic N) is 3. The van der Waals surface area contributed by atoms with E-state index in [1.165, 1.54) is 11.8 Å². The molecule has 0 fully saturated rings. The van der Waals surface area contributed by atoms with E-state index in [1.807, 2.05) is 36.6 Å². The van der Waals surface area contributed by atoms with Gasteiger partial charge in [0.25, 0.3) is 0 Å². The SMILES string of the molecule is COCCCn1c(SCC(=O)NC(=O)NC(C)C)nnc1-c1ccccc1Cl. The third-order valence-corrected chi connectivity index (χ3v) is 4.86. The minimum Gasteiger partial charge on any atom is -0.385 e. The van der Waals surface area contributed by atoms with Gasteiger partial charge in [0.2, 0.25) is 5.91 Å². The molecule has 10 heteroatoms. The van der Waals surface area contributed by atoms with Gasteiger partial charge in [0.05, 0.1) is 10.8 Å². The van der Waals surface area contributed by atoms with Crippen LogP contribution in [0.5, 0.6) is 0 Å². The number of hydrogen-bond donors (Lipinski definition) is 2. The highest BCUT2D eigenvalue weighted by molar-refractivity contribution is 7.99. The second-order valence-corrected chi connectivity index (χ2v) is 7.60. The first-order chi connectivity index (χ1) is 13.4. The number of imide groups is 1. The molecule has 0 spiro atoms. The van der Waals surface area contributed by atoms with E-state index >= 15 is 0 Å². The lowest BCUT2D eigenvalue weighted by Gasteiger charge is -2.11. The number of carbonyl (C=O) groups is 2. The number of rotatable bonds is 9. The molecule has 8 nitrogen and oxygen atoms in total. The Bertz CT molecular complexity index is 812. The monoisotopic (exact) mass is 425 g/mol. The van der Waals surface area contributed by atoms with Crippen LogP contribution in [0.2, 0.25) is 5.02 Å². The Hall–Kier alpha value is -2.10. The van der Waals surface area contributed by atoms with Crippen LogP contribution in [-0.2, 0) is 16.1 Å². The molecule has 0 saturated heterocycles. The molecule has 0 radical (unpaired) electrons. The van der Waals surface area contributed by atoms with Gasteiger partial charge in [0, 0.05) is 31.9 Å². The van der Waals surface area contributed by atoms with Gasteiger partial charge >= 0.3 is 6.03 Å². The molecule has 0 aliphatic carbocycles. The third-order valence-electron chi connectivity index (χ3n) is 3.57. The zero-order chi connectivity index (χ0) is 20.5. The molecule has 1 aromatic carbocycles. The number of nitrogens with one attached hydrogen (secondary N) is 2. The molecule has 0 bridgehead atoms. The number of methoxy groups -OCH3 is 1. The molecule has 1 aromatic heterocycles. The van der Waals surface area contributed by atoms with Crippen molar-refractivity contribution >= 4 is 35.3 Å². The highest BCUT2D eigenvalue weighted by Gasteiger charge is 2.18. The van der Waals surface area contributed by atoms with Crippen molar-refractivity contribution in [3.8, 4) is 11.4 Å². The number of urea groups is 1. The smallest absolute Gasteiger partial charge is 0.321 e. The third kappa shape index (κ3) is 6.50. The Balaban J connectivity index is 2.12. The molecule has 2 N–H and O–H groups in total. The Kier molecular flexibility index (Phi) is 8.75. The van der Waals surface area contributed by atoms with E-state index in [0.717, 1.165) is 12.0 Å². The summed E-state index contributed by atoms with van der Waals surface area (Å²) in [5, 5.41) is 14.5. The minimum absolute atomic E-state index is 0.0381. The van der Waals surface area contributed by atoms with Gasteiger partial charge in [-0.15, -0.1) is 10.2 Å². The van der Waals surface area contributed by atoms with Crippen molar-refractivity contribution in [1.29, 1.82) is 0 Å². The number of halogens is 1. The maximum absolute atomic E-state index is 12.0. The van der Waals surface area contributed by atoms with Crippen LogP contribution < -0.4 is 10.6 Å². The van der Waals surface area contributed by atoms with Gasteiger partial charge in [-0.2, -0.15) is 0 Å². The van der Waals surface area contributed by atoms with Gasteiger partial charge in [-0.1, -0.05) is 35.5 Å². The quantitative estimate of drug-likeness (QED) is 0.473. The van der Waals surface area contributed by atoms with E-state index in [2.05, 4.69) is 20.8 Å². The standard InChI is InChI=1S/C18H24ClN5O3S/c1-12(2)20-17(26)21-15(25)11-28-18-23-22-16(24(18)9-6-10-27-3)13-7-4-5-8-14(13)19/h4-5,7-8,12H,6,9-11H2,1-3H3,(H2,20,21,25,26). The summed E-state index contributed by atoms with van der Waals surface area (Å²) in [6.45, 7) is 4.83. The molecule has 2 rings (SSSR count). The van der Waals surface area contributed by atoms with E-state index < -0.39 is 11.9 Å². The Labute approximate surface area is 173 Å².